The Balaban J connectivity index is 0.000000165. The lowest BCUT2D eigenvalue weighted by atomic mass is 9.94. The van der Waals surface area contributed by atoms with E-state index in [9.17, 15) is 9.90 Å². The molecule has 5 aromatic carbocycles. The van der Waals surface area contributed by atoms with Crippen molar-refractivity contribution in [1.82, 2.24) is 15.1 Å². The number of rotatable bonds is 5. The topological polar surface area (TPSA) is 80.2 Å². The van der Waals surface area contributed by atoms with Gasteiger partial charge in [-0.1, -0.05) is 104 Å². The van der Waals surface area contributed by atoms with Gasteiger partial charge >= 0.3 is 0 Å². The van der Waals surface area contributed by atoms with Crippen LogP contribution >= 0.6 is 11.3 Å². The molecule has 3 N–H and O–H groups in total. The number of thiophene rings is 1. The first-order valence-corrected chi connectivity index (χ1v) is 18.4. The highest BCUT2D eigenvalue weighted by Gasteiger charge is 2.26. The summed E-state index contributed by atoms with van der Waals surface area (Å²) in [6.45, 7) is 8.45. The Morgan fingerprint density at radius 2 is 1.53 bits per heavy atom. The highest BCUT2D eigenvalue weighted by Crippen LogP contribution is 2.40. The average molecular weight is 694 g/mol. The van der Waals surface area contributed by atoms with Crippen LogP contribution in [-0.2, 0) is 0 Å². The van der Waals surface area contributed by atoms with Gasteiger partial charge in [0.25, 0.3) is 5.91 Å². The van der Waals surface area contributed by atoms with E-state index in [2.05, 4.69) is 64.7 Å². The number of benzene rings is 5. The van der Waals surface area contributed by atoms with Gasteiger partial charge in [0.2, 0.25) is 0 Å². The number of aromatic hydroxyl groups is 1. The van der Waals surface area contributed by atoms with E-state index in [-0.39, 0.29) is 17.7 Å². The number of likely N-dealkylation sites (N-methyl/N-ethyl adjacent to an activating group) is 1. The van der Waals surface area contributed by atoms with Crippen LogP contribution in [0.5, 0.6) is 5.75 Å². The summed E-state index contributed by atoms with van der Waals surface area (Å²) < 4.78 is 0. The third-order valence-electron chi connectivity index (χ3n) is 9.53. The molecule has 0 saturated carbocycles. The lowest BCUT2D eigenvalue weighted by Gasteiger charge is -2.34. The fourth-order valence-corrected chi connectivity index (χ4v) is 7.67. The molecule has 0 unspecified atom stereocenters. The lowest BCUT2D eigenvalue weighted by Crippen LogP contribution is -2.47. The van der Waals surface area contributed by atoms with Crippen molar-refractivity contribution in [3.63, 3.8) is 0 Å². The molecule has 1 saturated heterocycles. The number of carbonyl (C=O) groups excluding carboxylic acids is 1. The quantitative estimate of drug-likeness (QED) is 0.168. The number of para-hydroxylation sites is 2. The zero-order valence-corrected chi connectivity index (χ0v) is 30.1. The maximum atomic E-state index is 13.3. The molecule has 2 aliphatic heterocycles. The van der Waals surface area contributed by atoms with E-state index in [1.807, 2.05) is 97.9 Å². The van der Waals surface area contributed by atoms with Crippen molar-refractivity contribution < 1.29 is 9.90 Å². The summed E-state index contributed by atoms with van der Waals surface area (Å²) in [5, 5.41) is 20.7. The Labute approximate surface area is 303 Å². The molecule has 1 atom stereocenters. The highest BCUT2D eigenvalue weighted by molar-refractivity contribution is 7.16. The fourth-order valence-electron chi connectivity index (χ4n) is 6.75. The van der Waals surface area contributed by atoms with Crippen LogP contribution in [0.2, 0.25) is 0 Å². The minimum atomic E-state index is -0.271. The number of fused-ring (bicyclic) bond motifs is 3. The molecule has 7 nitrogen and oxygen atoms in total. The summed E-state index contributed by atoms with van der Waals surface area (Å²) in [6.07, 6.45) is 0.757. The largest absolute Gasteiger partial charge is 0.506 e. The molecule has 6 aromatic rings. The van der Waals surface area contributed by atoms with Gasteiger partial charge < -0.3 is 25.5 Å². The summed E-state index contributed by atoms with van der Waals surface area (Å²) in [4.78, 5) is 24.5. The zero-order chi connectivity index (χ0) is 35.3. The van der Waals surface area contributed by atoms with Crippen LogP contribution in [0, 0.1) is 6.92 Å². The van der Waals surface area contributed by atoms with E-state index >= 15 is 0 Å². The number of hydrogen-bond acceptors (Lipinski definition) is 7. The molecule has 8 rings (SSSR count). The Hall–Kier alpha value is -5.44. The van der Waals surface area contributed by atoms with Crippen molar-refractivity contribution in [3.8, 4) is 16.9 Å². The summed E-state index contributed by atoms with van der Waals surface area (Å²) in [5.74, 6) is 0.854. The monoisotopic (exact) mass is 693 g/mol. The van der Waals surface area contributed by atoms with Gasteiger partial charge in [0.15, 0.2) is 0 Å². The van der Waals surface area contributed by atoms with Crippen molar-refractivity contribution in [2.75, 3.05) is 38.5 Å². The lowest BCUT2D eigenvalue weighted by molar-refractivity contribution is 0.0934. The molecule has 51 heavy (non-hydrogen) atoms. The molecule has 0 bridgehead atoms. The minimum Gasteiger partial charge on any atom is -0.506 e. The number of carbonyl (C=O) groups is 1. The predicted molar refractivity (Wildman–Crippen MR) is 212 cm³/mol. The normalized spacial score (nSPS) is 14.6. The van der Waals surface area contributed by atoms with Crippen LogP contribution in [-0.4, -0.2) is 59.9 Å². The first kappa shape index (κ1) is 34.0. The highest BCUT2D eigenvalue weighted by atomic mass is 32.1. The van der Waals surface area contributed by atoms with Crippen molar-refractivity contribution >= 4 is 50.2 Å². The van der Waals surface area contributed by atoms with Gasteiger partial charge in [-0.2, -0.15) is 0 Å². The van der Waals surface area contributed by atoms with Gasteiger partial charge in [0, 0.05) is 36.6 Å². The van der Waals surface area contributed by atoms with Crippen molar-refractivity contribution in [2.45, 2.75) is 26.3 Å². The van der Waals surface area contributed by atoms with E-state index in [0.717, 1.165) is 71.7 Å². The molecule has 0 radical (unpaired) electrons. The van der Waals surface area contributed by atoms with Crippen LogP contribution < -0.4 is 10.6 Å². The standard InChI is InChI=1S/C26H23NO2.C17H20N4S/c1-2-23(19-13-7-4-8-14-19)27-26(29)24-21-16-10-9-15-20(21)17-22(25(24)28)18-11-5-3-6-12-18;1-12-11-13-16(21-9-7-20(2)8-10-21)18-14-5-3-4-6-15(14)19-17(13)22-12/h3-17,23,28H,2H2,1H3,(H,27,29);3-6,11,19H,7-10H2,1-2H3/t23-;/m0./s1. The van der Waals surface area contributed by atoms with Gasteiger partial charge in [-0.25, -0.2) is 4.99 Å². The number of phenolic OH excluding ortho intramolecular Hbond substituents is 1. The molecule has 8 heteroatoms. The summed E-state index contributed by atoms with van der Waals surface area (Å²) in [5.41, 5.74) is 6.25. The molecule has 3 heterocycles. The third-order valence-corrected chi connectivity index (χ3v) is 10.5. The van der Waals surface area contributed by atoms with Crippen LogP contribution in [0.3, 0.4) is 0 Å². The Morgan fingerprint density at radius 1 is 0.863 bits per heavy atom. The van der Waals surface area contributed by atoms with Crippen molar-refractivity contribution in [2.24, 2.45) is 4.99 Å². The van der Waals surface area contributed by atoms with Crippen molar-refractivity contribution in [3.05, 3.63) is 143 Å². The Kier molecular flexibility index (Phi) is 10.1. The Morgan fingerprint density at radius 3 is 2.27 bits per heavy atom. The van der Waals surface area contributed by atoms with Gasteiger partial charge in [-0.05, 0) is 66.6 Å². The smallest absolute Gasteiger partial charge is 0.256 e. The summed E-state index contributed by atoms with van der Waals surface area (Å²) in [7, 11) is 2.18. The molecule has 1 amide bonds. The van der Waals surface area contributed by atoms with Crippen LogP contribution in [0.15, 0.2) is 126 Å². The molecular formula is C43H43N5O2S. The van der Waals surface area contributed by atoms with Gasteiger partial charge in [-0.3, -0.25) is 4.79 Å². The number of hydrogen-bond donors (Lipinski definition) is 3. The molecule has 0 aliphatic carbocycles. The second-order valence-electron chi connectivity index (χ2n) is 13.0. The number of anilines is 2. The molecular weight excluding hydrogens is 651 g/mol. The number of aryl methyl sites for hydroxylation is 1. The van der Waals surface area contributed by atoms with Gasteiger partial charge in [-0.15, -0.1) is 11.3 Å². The number of piperazine rings is 1. The molecule has 1 aromatic heterocycles. The molecule has 0 spiro atoms. The number of aliphatic imine (C=N–C) groups is 1. The number of amides is 1. The number of amidine groups is 1. The number of nitrogens with zero attached hydrogens (tertiary/aromatic N) is 3. The summed E-state index contributed by atoms with van der Waals surface area (Å²) >= 11 is 1.81. The first-order valence-electron chi connectivity index (χ1n) is 17.5. The van der Waals surface area contributed by atoms with E-state index < -0.39 is 0 Å². The zero-order valence-electron chi connectivity index (χ0n) is 29.3. The average Bonchev–Trinajstić information content (AvgIpc) is 3.46. The number of phenols is 1. The Bertz CT molecular complexity index is 2170. The maximum absolute atomic E-state index is 13.3. The van der Waals surface area contributed by atoms with Crippen LogP contribution in [0.1, 0.15) is 45.7 Å². The van der Waals surface area contributed by atoms with E-state index in [0.29, 0.717) is 11.1 Å². The van der Waals surface area contributed by atoms with Gasteiger partial charge in [0.05, 0.1) is 28.5 Å². The molecule has 258 valence electrons. The van der Waals surface area contributed by atoms with Crippen LogP contribution in [0.25, 0.3) is 21.9 Å². The second kappa shape index (κ2) is 15.2. The fraction of sp³-hybridized carbons (Fsp3) is 0.209. The maximum Gasteiger partial charge on any atom is 0.256 e. The van der Waals surface area contributed by atoms with Crippen molar-refractivity contribution in [1.29, 1.82) is 0 Å². The predicted octanol–water partition coefficient (Wildman–Crippen LogP) is 9.53. The van der Waals surface area contributed by atoms with Gasteiger partial charge in [0.1, 0.15) is 16.6 Å². The second-order valence-corrected chi connectivity index (χ2v) is 14.3. The SMILES string of the molecule is CC[C@H](NC(=O)c1c(O)c(-c2ccccc2)cc2ccccc12)c1ccccc1.Cc1cc2c(s1)Nc1ccccc1N=C2N1CCN(C)CC1. The minimum absolute atomic E-state index is 0.00955. The molecule has 2 aliphatic rings. The van der Waals surface area contributed by atoms with Crippen LogP contribution in [0.4, 0.5) is 16.4 Å². The molecule has 1 fully saturated rings. The third kappa shape index (κ3) is 7.38. The summed E-state index contributed by atoms with van der Waals surface area (Å²) in [6, 6.07) is 39.6. The number of nitrogens with one attached hydrogen (secondary N) is 2. The van der Waals surface area contributed by atoms with E-state index in [1.54, 1.807) is 11.3 Å². The first-order chi connectivity index (χ1) is 24.9. The van der Waals surface area contributed by atoms with E-state index in [1.165, 1.54) is 15.4 Å². The van der Waals surface area contributed by atoms with E-state index in [4.69, 9.17) is 4.99 Å².